The average molecular weight is 392 g/mol. The van der Waals surface area contributed by atoms with Gasteiger partial charge in [0, 0.05) is 17.7 Å². The van der Waals surface area contributed by atoms with E-state index in [4.69, 9.17) is 0 Å². The van der Waals surface area contributed by atoms with Crippen LogP contribution in [0.3, 0.4) is 0 Å². The van der Waals surface area contributed by atoms with Crippen LogP contribution in [0.1, 0.15) is 28.8 Å². The van der Waals surface area contributed by atoms with Crippen LogP contribution in [0.15, 0.2) is 54.6 Å². The van der Waals surface area contributed by atoms with Crippen molar-refractivity contribution < 1.29 is 9.59 Å². The molecule has 1 aliphatic rings. The van der Waals surface area contributed by atoms with Crippen molar-refractivity contribution in [3.05, 3.63) is 65.7 Å². The van der Waals surface area contributed by atoms with E-state index >= 15 is 0 Å². The fourth-order valence-electron chi connectivity index (χ4n) is 3.41. The highest BCUT2D eigenvalue weighted by molar-refractivity contribution is 7.18. The van der Waals surface area contributed by atoms with Crippen LogP contribution >= 0.6 is 11.3 Å². The summed E-state index contributed by atoms with van der Waals surface area (Å²) in [7, 11) is 0. The van der Waals surface area contributed by atoms with Crippen molar-refractivity contribution in [2.75, 3.05) is 11.9 Å². The summed E-state index contributed by atoms with van der Waals surface area (Å²) in [6.45, 7) is 2.49. The molecular formula is C21H20N4O2S. The van der Waals surface area contributed by atoms with E-state index in [1.54, 1.807) is 4.90 Å². The minimum absolute atomic E-state index is 0.0991. The van der Waals surface area contributed by atoms with Crippen LogP contribution in [0, 0.1) is 6.92 Å². The van der Waals surface area contributed by atoms with Crippen LogP contribution in [0.5, 0.6) is 0 Å². The molecule has 142 valence electrons. The lowest BCUT2D eigenvalue weighted by Crippen LogP contribution is -2.43. The molecule has 6 nitrogen and oxygen atoms in total. The molecule has 1 N–H and O–H groups in total. The lowest BCUT2D eigenvalue weighted by atomic mass is 10.1. The Balaban J connectivity index is 1.48. The van der Waals surface area contributed by atoms with Gasteiger partial charge in [-0.05, 0) is 31.4 Å². The van der Waals surface area contributed by atoms with E-state index in [9.17, 15) is 9.59 Å². The monoisotopic (exact) mass is 392 g/mol. The maximum Gasteiger partial charge on any atom is 0.254 e. The molecule has 0 bridgehead atoms. The summed E-state index contributed by atoms with van der Waals surface area (Å²) in [6.07, 6.45) is 1.45. The van der Waals surface area contributed by atoms with E-state index in [0.29, 0.717) is 23.7 Å². The second kappa shape index (κ2) is 7.90. The molecule has 1 fully saturated rings. The fraction of sp³-hybridized carbons (Fsp3) is 0.238. The Morgan fingerprint density at radius 2 is 1.82 bits per heavy atom. The normalized spacial score (nSPS) is 16.2. The van der Waals surface area contributed by atoms with Crippen LogP contribution in [-0.4, -0.2) is 39.5 Å². The summed E-state index contributed by atoms with van der Waals surface area (Å²) >= 11 is 1.32. The summed E-state index contributed by atoms with van der Waals surface area (Å²) in [5, 5.41) is 12.3. The molecule has 2 heterocycles. The smallest absolute Gasteiger partial charge is 0.254 e. The predicted molar refractivity (Wildman–Crippen MR) is 109 cm³/mol. The van der Waals surface area contributed by atoms with Crippen molar-refractivity contribution in [1.29, 1.82) is 0 Å². The molecule has 1 aliphatic heterocycles. The number of amides is 2. The van der Waals surface area contributed by atoms with Gasteiger partial charge in [-0.25, -0.2) is 0 Å². The zero-order valence-electron chi connectivity index (χ0n) is 15.5. The zero-order valence-corrected chi connectivity index (χ0v) is 16.3. The van der Waals surface area contributed by atoms with Gasteiger partial charge in [-0.3, -0.25) is 14.9 Å². The third-order valence-electron chi connectivity index (χ3n) is 4.87. The van der Waals surface area contributed by atoms with E-state index in [-0.39, 0.29) is 11.8 Å². The maximum atomic E-state index is 12.9. The van der Waals surface area contributed by atoms with Gasteiger partial charge in [-0.2, -0.15) is 0 Å². The third-order valence-corrected chi connectivity index (χ3v) is 5.76. The summed E-state index contributed by atoms with van der Waals surface area (Å²) in [5.74, 6) is -0.312. The highest BCUT2D eigenvalue weighted by atomic mass is 32.1. The summed E-state index contributed by atoms with van der Waals surface area (Å²) < 4.78 is 0. The number of carbonyl (C=O) groups excluding carboxylic acids is 2. The largest absolute Gasteiger partial charge is 0.327 e. The van der Waals surface area contributed by atoms with Gasteiger partial charge in [0.05, 0.1) is 0 Å². The standard InChI is InChI=1S/C21H20N4O2S/c1-14-8-5-6-11-16(14)20(27)25-13-7-12-17(25)18(26)22-21-24-23-19(28-21)15-9-3-2-4-10-15/h2-6,8-11,17H,7,12-13H2,1H3,(H,22,24,26). The van der Waals surface area contributed by atoms with Gasteiger partial charge in [0.15, 0.2) is 0 Å². The second-order valence-electron chi connectivity index (χ2n) is 6.74. The number of hydrogen-bond donors (Lipinski definition) is 1. The van der Waals surface area contributed by atoms with E-state index in [1.807, 2.05) is 61.5 Å². The van der Waals surface area contributed by atoms with Crippen LogP contribution in [0.4, 0.5) is 5.13 Å². The third kappa shape index (κ3) is 3.66. The molecule has 2 amide bonds. The Bertz CT molecular complexity index is 1000. The van der Waals surface area contributed by atoms with E-state index in [1.165, 1.54) is 11.3 Å². The molecular weight excluding hydrogens is 372 g/mol. The van der Waals surface area contributed by atoms with Gasteiger partial charge in [0.25, 0.3) is 5.91 Å². The number of hydrogen-bond acceptors (Lipinski definition) is 5. The predicted octanol–water partition coefficient (Wildman–Crippen LogP) is 3.76. The number of aromatic nitrogens is 2. The maximum absolute atomic E-state index is 12.9. The van der Waals surface area contributed by atoms with Crippen molar-refractivity contribution >= 4 is 28.3 Å². The summed E-state index contributed by atoms with van der Waals surface area (Å²) in [4.78, 5) is 27.4. The van der Waals surface area contributed by atoms with Crippen molar-refractivity contribution in [2.45, 2.75) is 25.8 Å². The Morgan fingerprint density at radius 3 is 2.61 bits per heavy atom. The summed E-state index contributed by atoms with van der Waals surface area (Å²) in [6, 6.07) is 16.7. The Hall–Kier alpha value is -3.06. The second-order valence-corrected chi connectivity index (χ2v) is 7.72. The van der Waals surface area contributed by atoms with E-state index in [2.05, 4.69) is 15.5 Å². The van der Waals surface area contributed by atoms with Gasteiger partial charge >= 0.3 is 0 Å². The molecule has 0 radical (unpaired) electrons. The quantitative estimate of drug-likeness (QED) is 0.734. The van der Waals surface area contributed by atoms with Gasteiger partial charge in [-0.1, -0.05) is 59.9 Å². The highest BCUT2D eigenvalue weighted by Gasteiger charge is 2.35. The van der Waals surface area contributed by atoms with Gasteiger partial charge in [-0.15, -0.1) is 10.2 Å². The molecule has 1 atom stereocenters. The van der Waals surface area contributed by atoms with Crippen molar-refractivity contribution in [3.63, 3.8) is 0 Å². The lowest BCUT2D eigenvalue weighted by molar-refractivity contribution is -0.119. The number of nitrogens with zero attached hydrogens (tertiary/aromatic N) is 3. The molecule has 4 rings (SSSR count). The van der Waals surface area contributed by atoms with Gasteiger partial charge in [0.2, 0.25) is 11.0 Å². The Labute approximate surface area is 167 Å². The molecule has 28 heavy (non-hydrogen) atoms. The van der Waals surface area contributed by atoms with Gasteiger partial charge in [0.1, 0.15) is 11.0 Å². The van der Waals surface area contributed by atoms with Gasteiger partial charge < -0.3 is 4.90 Å². The number of nitrogens with one attached hydrogen (secondary N) is 1. The Morgan fingerprint density at radius 1 is 1.07 bits per heavy atom. The van der Waals surface area contributed by atoms with Crippen molar-refractivity contribution in [3.8, 4) is 10.6 Å². The first-order valence-corrected chi connectivity index (χ1v) is 10.0. The fourth-order valence-corrected chi connectivity index (χ4v) is 4.16. The Kier molecular flexibility index (Phi) is 5.16. The van der Waals surface area contributed by atoms with Crippen molar-refractivity contribution in [2.24, 2.45) is 0 Å². The number of aryl methyl sites for hydroxylation is 1. The number of anilines is 1. The van der Waals surface area contributed by atoms with Crippen molar-refractivity contribution in [1.82, 2.24) is 15.1 Å². The van der Waals surface area contributed by atoms with Crippen LogP contribution < -0.4 is 5.32 Å². The summed E-state index contributed by atoms with van der Waals surface area (Å²) in [5.41, 5.74) is 2.51. The number of carbonyl (C=O) groups is 2. The van der Waals surface area contributed by atoms with Crippen LogP contribution in [0.2, 0.25) is 0 Å². The van der Waals surface area contributed by atoms with Crippen LogP contribution in [0.25, 0.3) is 10.6 Å². The highest BCUT2D eigenvalue weighted by Crippen LogP contribution is 2.27. The molecule has 0 aliphatic carbocycles. The molecule has 1 unspecified atom stereocenters. The first-order valence-electron chi connectivity index (χ1n) is 9.20. The molecule has 1 saturated heterocycles. The van der Waals surface area contributed by atoms with E-state index in [0.717, 1.165) is 22.6 Å². The van der Waals surface area contributed by atoms with Crippen LogP contribution in [-0.2, 0) is 4.79 Å². The molecule has 7 heteroatoms. The number of likely N-dealkylation sites (tertiary alicyclic amines) is 1. The molecule has 0 saturated carbocycles. The molecule has 1 aromatic heterocycles. The first-order chi connectivity index (χ1) is 13.6. The average Bonchev–Trinajstić information content (AvgIpc) is 3.38. The molecule has 2 aromatic carbocycles. The lowest BCUT2D eigenvalue weighted by Gasteiger charge is -2.24. The SMILES string of the molecule is Cc1ccccc1C(=O)N1CCCC1C(=O)Nc1nnc(-c2ccccc2)s1. The van der Waals surface area contributed by atoms with E-state index < -0.39 is 6.04 Å². The zero-order chi connectivity index (χ0) is 19.5. The minimum Gasteiger partial charge on any atom is -0.327 e. The topological polar surface area (TPSA) is 75.2 Å². The number of rotatable bonds is 4. The molecule has 0 spiro atoms. The molecule has 3 aromatic rings. The minimum atomic E-state index is -0.490. The first kappa shape index (κ1) is 18.3. The number of benzene rings is 2.